The van der Waals surface area contributed by atoms with Gasteiger partial charge in [0.05, 0.1) is 12.2 Å². The van der Waals surface area contributed by atoms with Crippen molar-refractivity contribution in [1.82, 2.24) is 0 Å². The molecule has 1 aromatic carbocycles. The molecule has 0 saturated carbocycles. The van der Waals surface area contributed by atoms with E-state index in [1.165, 1.54) is 6.92 Å². The lowest BCUT2D eigenvalue weighted by Gasteiger charge is -2.03. The predicted octanol–water partition coefficient (Wildman–Crippen LogP) is 2.62. The van der Waals surface area contributed by atoms with Gasteiger partial charge in [-0.3, -0.25) is 9.59 Å². The summed E-state index contributed by atoms with van der Waals surface area (Å²) in [7, 11) is 0. The van der Waals surface area contributed by atoms with Crippen LogP contribution in [0.1, 0.15) is 48.5 Å². The number of carbonyl (C=O) groups excluding carboxylic acids is 2. The monoisotopic (exact) mass is 292 g/mol. The van der Waals surface area contributed by atoms with Crippen molar-refractivity contribution in [3.8, 4) is 0 Å². The summed E-state index contributed by atoms with van der Waals surface area (Å²) < 4.78 is 4.76. The normalized spacial score (nSPS) is 10.1. The van der Waals surface area contributed by atoms with Gasteiger partial charge >= 0.3 is 11.9 Å². The number of benzene rings is 1. The molecular formula is C16H20O5. The van der Waals surface area contributed by atoms with Crippen LogP contribution in [0.2, 0.25) is 0 Å². The largest absolute Gasteiger partial charge is 0.478 e. The maximum atomic E-state index is 11.6. The van der Waals surface area contributed by atoms with Gasteiger partial charge in [-0.1, -0.05) is 12.1 Å². The lowest BCUT2D eigenvalue weighted by molar-refractivity contribution is -0.141. The number of hydrogen-bond donors (Lipinski definition) is 1. The van der Waals surface area contributed by atoms with Crippen LogP contribution >= 0.6 is 0 Å². The summed E-state index contributed by atoms with van der Waals surface area (Å²) in [5.41, 5.74) is 1.29. The summed E-state index contributed by atoms with van der Waals surface area (Å²) in [6.07, 6.45) is 2.95. The van der Waals surface area contributed by atoms with E-state index in [9.17, 15) is 14.4 Å². The van der Waals surface area contributed by atoms with Crippen LogP contribution in [0.4, 0.5) is 0 Å². The molecule has 5 nitrogen and oxygen atoms in total. The molecule has 5 heteroatoms. The van der Waals surface area contributed by atoms with Gasteiger partial charge < -0.3 is 9.84 Å². The molecule has 0 bridgehead atoms. The van der Waals surface area contributed by atoms with Crippen LogP contribution in [0.3, 0.4) is 0 Å². The first-order chi connectivity index (χ1) is 9.99. The van der Waals surface area contributed by atoms with Crippen LogP contribution in [0.25, 0.3) is 0 Å². The number of carboxylic acid groups (broad SMARTS) is 1. The summed E-state index contributed by atoms with van der Waals surface area (Å²) in [6.45, 7) is 1.63. The van der Waals surface area contributed by atoms with Gasteiger partial charge in [-0.05, 0) is 37.0 Å². The van der Waals surface area contributed by atoms with E-state index in [1.54, 1.807) is 24.3 Å². The fraction of sp³-hybridized carbons (Fsp3) is 0.438. The molecular weight excluding hydrogens is 272 g/mol. The molecule has 0 heterocycles. The molecule has 1 rings (SSSR count). The lowest BCUT2D eigenvalue weighted by Crippen LogP contribution is -2.04. The summed E-state index contributed by atoms with van der Waals surface area (Å²) in [6, 6.07) is 6.68. The Bertz CT molecular complexity index is 490. The first-order valence-corrected chi connectivity index (χ1v) is 6.96. The predicted molar refractivity (Wildman–Crippen MR) is 77.2 cm³/mol. The molecule has 0 aliphatic rings. The molecule has 0 aliphatic carbocycles. The number of carboxylic acids is 1. The topological polar surface area (TPSA) is 80.7 Å². The molecule has 1 aromatic rings. The molecule has 1 N–H and O–H groups in total. The third-order valence-electron chi connectivity index (χ3n) is 3.03. The molecule has 0 saturated heterocycles. The zero-order valence-corrected chi connectivity index (χ0v) is 12.1. The second-order valence-electron chi connectivity index (χ2n) is 4.84. The zero-order valence-electron chi connectivity index (χ0n) is 12.1. The lowest BCUT2D eigenvalue weighted by atomic mass is 10.0. The maximum Gasteiger partial charge on any atom is 0.335 e. The molecule has 0 atom stereocenters. The minimum Gasteiger partial charge on any atom is -0.478 e. The van der Waals surface area contributed by atoms with Crippen molar-refractivity contribution >= 4 is 17.7 Å². The van der Waals surface area contributed by atoms with Gasteiger partial charge in [0, 0.05) is 19.8 Å². The molecule has 0 radical (unpaired) electrons. The van der Waals surface area contributed by atoms with E-state index in [4.69, 9.17) is 9.84 Å². The molecule has 0 amide bonds. The minimum absolute atomic E-state index is 0.157. The Labute approximate surface area is 123 Å². The van der Waals surface area contributed by atoms with Crippen molar-refractivity contribution in [3.05, 3.63) is 35.4 Å². The van der Waals surface area contributed by atoms with E-state index in [2.05, 4.69) is 0 Å². The highest BCUT2D eigenvalue weighted by Gasteiger charge is 2.05. The van der Waals surface area contributed by atoms with Crippen molar-refractivity contribution < 1.29 is 24.2 Å². The molecule has 114 valence electrons. The Hall–Kier alpha value is -2.17. The van der Waals surface area contributed by atoms with Gasteiger partial charge in [0.1, 0.15) is 5.78 Å². The van der Waals surface area contributed by atoms with E-state index in [0.29, 0.717) is 19.3 Å². The summed E-state index contributed by atoms with van der Waals surface area (Å²) in [5, 5.41) is 8.79. The van der Waals surface area contributed by atoms with Crippen molar-refractivity contribution in [3.63, 3.8) is 0 Å². The van der Waals surface area contributed by atoms with Gasteiger partial charge in [-0.15, -0.1) is 0 Å². The van der Waals surface area contributed by atoms with Gasteiger partial charge in [0.25, 0.3) is 0 Å². The van der Waals surface area contributed by atoms with Crippen LogP contribution in [-0.2, 0) is 20.7 Å². The highest BCUT2D eigenvalue weighted by atomic mass is 16.5. The molecule has 0 aromatic heterocycles. The first-order valence-electron chi connectivity index (χ1n) is 6.96. The highest BCUT2D eigenvalue weighted by Crippen LogP contribution is 2.09. The molecule has 0 fully saturated rings. The Balaban J connectivity index is 2.19. The number of carbonyl (C=O) groups is 3. The Morgan fingerprint density at radius 2 is 1.67 bits per heavy atom. The van der Waals surface area contributed by atoms with E-state index in [-0.39, 0.29) is 23.9 Å². The van der Waals surface area contributed by atoms with Crippen LogP contribution in [-0.4, -0.2) is 29.4 Å². The zero-order chi connectivity index (χ0) is 15.7. The van der Waals surface area contributed by atoms with Crippen molar-refractivity contribution in [2.45, 2.75) is 39.0 Å². The van der Waals surface area contributed by atoms with Crippen LogP contribution in [0.15, 0.2) is 24.3 Å². The average molecular weight is 292 g/mol. The van der Waals surface area contributed by atoms with Gasteiger partial charge in [-0.25, -0.2) is 4.79 Å². The van der Waals surface area contributed by atoms with Crippen LogP contribution in [0, 0.1) is 0 Å². The second-order valence-corrected chi connectivity index (χ2v) is 4.84. The number of aryl methyl sites for hydroxylation is 1. The quantitative estimate of drug-likeness (QED) is 0.559. The molecule has 0 unspecified atom stereocenters. The number of ketones is 1. The van der Waals surface area contributed by atoms with Crippen LogP contribution < -0.4 is 0 Å². The number of ether oxygens (including phenoxy) is 1. The smallest absolute Gasteiger partial charge is 0.335 e. The summed E-state index contributed by atoms with van der Waals surface area (Å²) >= 11 is 0. The third kappa shape index (κ3) is 7.25. The molecule has 0 aliphatic heterocycles. The molecule has 21 heavy (non-hydrogen) atoms. The average Bonchev–Trinajstić information content (AvgIpc) is 2.44. The molecule has 0 spiro atoms. The van der Waals surface area contributed by atoms with Gasteiger partial charge in [-0.2, -0.15) is 0 Å². The standard InChI is InChI=1S/C16H20O5/c1-12(17)21-11-3-6-15(18)5-2-4-13-7-9-14(10-8-13)16(19)20/h7-10H,2-6,11H2,1H3,(H,19,20). The summed E-state index contributed by atoms with van der Waals surface area (Å²) in [5.74, 6) is -1.11. The minimum atomic E-state index is -0.940. The van der Waals surface area contributed by atoms with Gasteiger partial charge in [0.2, 0.25) is 0 Å². The number of aromatic carboxylic acids is 1. The Morgan fingerprint density at radius 3 is 2.24 bits per heavy atom. The number of Topliss-reactive ketones (excluding diaryl/α,β-unsaturated/α-hetero) is 1. The second kappa shape index (κ2) is 8.89. The summed E-state index contributed by atoms with van der Waals surface area (Å²) in [4.78, 5) is 32.8. The van der Waals surface area contributed by atoms with Crippen molar-refractivity contribution in [1.29, 1.82) is 0 Å². The highest BCUT2D eigenvalue weighted by molar-refractivity contribution is 5.87. The van der Waals surface area contributed by atoms with E-state index >= 15 is 0 Å². The Morgan fingerprint density at radius 1 is 1.05 bits per heavy atom. The van der Waals surface area contributed by atoms with Crippen molar-refractivity contribution in [2.24, 2.45) is 0 Å². The van der Waals surface area contributed by atoms with E-state index in [1.807, 2.05) is 0 Å². The fourth-order valence-corrected chi connectivity index (χ4v) is 1.91. The first kappa shape index (κ1) is 16.9. The number of rotatable bonds is 9. The van der Waals surface area contributed by atoms with Gasteiger partial charge in [0.15, 0.2) is 0 Å². The van der Waals surface area contributed by atoms with E-state index in [0.717, 1.165) is 18.4 Å². The SMILES string of the molecule is CC(=O)OCCCC(=O)CCCc1ccc(C(=O)O)cc1. The number of hydrogen-bond acceptors (Lipinski definition) is 4. The van der Waals surface area contributed by atoms with E-state index < -0.39 is 5.97 Å². The Kier molecular flexibility index (Phi) is 7.15. The maximum absolute atomic E-state index is 11.6. The fourth-order valence-electron chi connectivity index (χ4n) is 1.91. The van der Waals surface area contributed by atoms with Crippen LogP contribution in [0.5, 0.6) is 0 Å². The third-order valence-corrected chi connectivity index (χ3v) is 3.03. The number of esters is 1. The van der Waals surface area contributed by atoms with Crippen molar-refractivity contribution in [2.75, 3.05) is 6.61 Å².